The largest absolute Gasteiger partial charge is 0.477 e. The molecule has 0 aliphatic heterocycles. The van der Waals surface area contributed by atoms with E-state index in [1.54, 1.807) is 12.1 Å². The Bertz CT molecular complexity index is 519. The smallest absolute Gasteiger partial charge is 0.347 e. The maximum absolute atomic E-state index is 11.7. The van der Waals surface area contributed by atoms with E-state index < -0.39 is 24.6 Å². The molecule has 0 saturated heterocycles. The second-order valence-corrected chi connectivity index (χ2v) is 5.36. The Balaban J connectivity index is 2.40. The molecule has 122 valence electrons. The quantitative estimate of drug-likeness (QED) is 0.530. The molecular formula is C15H18Cl2O5. The molecule has 0 bridgehead atoms. The maximum Gasteiger partial charge on any atom is 0.347 e. The summed E-state index contributed by atoms with van der Waals surface area (Å²) in [5.74, 6) is -0.960. The monoisotopic (exact) mass is 348 g/mol. The molecule has 0 amide bonds. The molecule has 0 N–H and O–H groups in total. The Morgan fingerprint density at radius 2 is 1.95 bits per heavy atom. The van der Waals surface area contributed by atoms with Crippen LogP contribution < -0.4 is 4.74 Å². The average Bonchev–Trinajstić information content (AvgIpc) is 2.47. The molecule has 1 rings (SSSR count). The van der Waals surface area contributed by atoms with Crippen molar-refractivity contribution in [2.75, 3.05) is 13.2 Å². The summed E-state index contributed by atoms with van der Waals surface area (Å²) in [6.45, 7) is 3.36. The first-order chi connectivity index (χ1) is 10.4. The Morgan fingerprint density at radius 3 is 2.59 bits per heavy atom. The van der Waals surface area contributed by atoms with Crippen molar-refractivity contribution in [2.24, 2.45) is 0 Å². The van der Waals surface area contributed by atoms with Gasteiger partial charge in [-0.1, -0.05) is 36.5 Å². The third-order valence-electron chi connectivity index (χ3n) is 2.62. The third kappa shape index (κ3) is 6.54. The molecule has 1 aromatic rings. The Kier molecular flexibility index (Phi) is 8.06. The molecule has 0 fully saturated rings. The zero-order valence-electron chi connectivity index (χ0n) is 12.4. The van der Waals surface area contributed by atoms with Gasteiger partial charge in [0, 0.05) is 5.02 Å². The number of unbranched alkanes of at least 4 members (excludes halogenated alkanes) is 1. The van der Waals surface area contributed by atoms with Gasteiger partial charge >= 0.3 is 11.9 Å². The minimum absolute atomic E-state index is 0.283. The van der Waals surface area contributed by atoms with Gasteiger partial charge in [0.15, 0.2) is 12.7 Å². The van der Waals surface area contributed by atoms with E-state index in [9.17, 15) is 9.59 Å². The Morgan fingerprint density at radius 1 is 1.23 bits per heavy atom. The summed E-state index contributed by atoms with van der Waals surface area (Å²) in [6, 6.07) is 4.64. The molecular weight excluding hydrogens is 331 g/mol. The number of carbonyl (C=O) groups is 2. The van der Waals surface area contributed by atoms with Crippen molar-refractivity contribution < 1.29 is 23.8 Å². The highest BCUT2D eigenvalue weighted by atomic mass is 35.5. The van der Waals surface area contributed by atoms with Crippen molar-refractivity contribution in [3.05, 3.63) is 28.2 Å². The Hall–Kier alpha value is -1.46. The van der Waals surface area contributed by atoms with Gasteiger partial charge in [-0.25, -0.2) is 9.59 Å². The molecule has 0 radical (unpaired) electrons. The molecule has 0 unspecified atom stereocenters. The van der Waals surface area contributed by atoms with Crippen molar-refractivity contribution >= 4 is 35.1 Å². The normalized spacial score (nSPS) is 11.6. The topological polar surface area (TPSA) is 61.8 Å². The summed E-state index contributed by atoms with van der Waals surface area (Å²) in [6.07, 6.45) is 0.774. The molecule has 0 aliphatic carbocycles. The van der Waals surface area contributed by atoms with Crippen LogP contribution in [0.5, 0.6) is 5.75 Å². The molecule has 1 atom stereocenters. The number of rotatable bonds is 8. The van der Waals surface area contributed by atoms with Crippen LogP contribution in [0.4, 0.5) is 0 Å². The Labute approximate surface area is 139 Å². The molecule has 1 aromatic carbocycles. The summed E-state index contributed by atoms with van der Waals surface area (Å²) >= 11 is 11.7. The van der Waals surface area contributed by atoms with Gasteiger partial charge in [0.25, 0.3) is 0 Å². The molecule has 0 heterocycles. The second kappa shape index (κ2) is 9.54. The zero-order chi connectivity index (χ0) is 16.5. The zero-order valence-corrected chi connectivity index (χ0v) is 13.9. The second-order valence-electron chi connectivity index (χ2n) is 4.52. The minimum Gasteiger partial charge on any atom is -0.477 e. The van der Waals surface area contributed by atoms with Crippen LogP contribution in [0, 0.1) is 0 Å². The highest BCUT2D eigenvalue weighted by molar-refractivity contribution is 6.35. The van der Waals surface area contributed by atoms with Gasteiger partial charge in [0.05, 0.1) is 11.6 Å². The van der Waals surface area contributed by atoms with Crippen molar-refractivity contribution in [1.29, 1.82) is 0 Å². The summed E-state index contributed by atoms with van der Waals surface area (Å²) in [5, 5.41) is 0.744. The number of esters is 2. The van der Waals surface area contributed by atoms with E-state index in [1.165, 1.54) is 13.0 Å². The van der Waals surface area contributed by atoms with Crippen LogP contribution in [0.2, 0.25) is 10.0 Å². The number of carbonyl (C=O) groups excluding carboxylic acids is 2. The van der Waals surface area contributed by atoms with Crippen LogP contribution >= 0.6 is 23.2 Å². The molecule has 0 spiro atoms. The van der Waals surface area contributed by atoms with Crippen LogP contribution in [0.25, 0.3) is 0 Å². The van der Waals surface area contributed by atoms with Crippen LogP contribution in [-0.4, -0.2) is 31.3 Å². The number of halogens is 2. The van der Waals surface area contributed by atoms with E-state index in [1.807, 2.05) is 6.92 Å². The van der Waals surface area contributed by atoms with E-state index in [0.29, 0.717) is 17.4 Å². The number of hydrogen-bond acceptors (Lipinski definition) is 5. The van der Waals surface area contributed by atoms with Crippen LogP contribution in [0.15, 0.2) is 18.2 Å². The van der Waals surface area contributed by atoms with Gasteiger partial charge in [0.1, 0.15) is 5.75 Å². The first-order valence-electron chi connectivity index (χ1n) is 6.88. The summed E-state index contributed by atoms with van der Waals surface area (Å²) < 4.78 is 15.1. The lowest BCUT2D eigenvalue weighted by Gasteiger charge is -2.14. The van der Waals surface area contributed by atoms with Crippen molar-refractivity contribution in [1.82, 2.24) is 0 Å². The SMILES string of the molecule is CCCCOC(=O)COC(=O)[C@H](C)Oc1ccc(Cl)cc1Cl. The van der Waals surface area contributed by atoms with E-state index in [-0.39, 0.29) is 5.02 Å². The molecule has 0 aliphatic rings. The predicted molar refractivity (Wildman–Crippen MR) is 83.4 cm³/mol. The van der Waals surface area contributed by atoms with Gasteiger partial charge in [-0.05, 0) is 31.5 Å². The number of benzene rings is 1. The van der Waals surface area contributed by atoms with E-state index in [4.69, 9.17) is 37.4 Å². The lowest BCUT2D eigenvalue weighted by Crippen LogP contribution is -2.28. The fraction of sp³-hybridized carbons (Fsp3) is 0.467. The average molecular weight is 349 g/mol. The molecule has 0 aromatic heterocycles. The van der Waals surface area contributed by atoms with E-state index in [0.717, 1.165) is 12.8 Å². The van der Waals surface area contributed by atoms with Crippen molar-refractivity contribution in [3.63, 3.8) is 0 Å². The van der Waals surface area contributed by atoms with Gasteiger partial charge in [0.2, 0.25) is 0 Å². The first-order valence-corrected chi connectivity index (χ1v) is 7.63. The summed E-state index contributed by atoms with van der Waals surface area (Å²) in [4.78, 5) is 23.1. The fourth-order valence-corrected chi connectivity index (χ4v) is 1.88. The van der Waals surface area contributed by atoms with Crippen molar-refractivity contribution in [2.45, 2.75) is 32.8 Å². The van der Waals surface area contributed by atoms with E-state index >= 15 is 0 Å². The molecule has 0 saturated carbocycles. The third-order valence-corrected chi connectivity index (χ3v) is 3.15. The highest BCUT2D eigenvalue weighted by Gasteiger charge is 2.19. The first kappa shape index (κ1) is 18.6. The van der Waals surface area contributed by atoms with Gasteiger partial charge in [-0.15, -0.1) is 0 Å². The summed E-state index contributed by atoms with van der Waals surface area (Å²) in [7, 11) is 0. The lowest BCUT2D eigenvalue weighted by atomic mass is 10.3. The number of hydrogen-bond donors (Lipinski definition) is 0. The fourth-order valence-electron chi connectivity index (χ4n) is 1.43. The standard InChI is InChI=1S/C15H18Cl2O5/c1-3-4-7-20-14(18)9-21-15(19)10(2)22-13-6-5-11(16)8-12(13)17/h5-6,8,10H,3-4,7,9H2,1-2H3/t10-/m0/s1. The highest BCUT2D eigenvalue weighted by Crippen LogP contribution is 2.28. The maximum atomic E-state index is 11.7. The van der Waals surface area contributed by atoms with Crippen LogP contribution in [0.1, 0.15) is 26.7 Å². The minimum atomic E-state index is -0.915. The molecule has 22 heavy (non-hydrogen) atoms. The van der Waals surface area contributed by atoms with Crippen LogP contribution in [-0.2, 0) is 19.1 Å². The predicted octanol–water partition coefficient (Wildman–Crippen LogP) is 3.65. The lowest BCUT2D eigenvalue weighted by molar-refractivity contribution is -0.162. The van der Waals surface area contributed by atoms with Crippen LogP contribution in [0.3, 0.4) is 0 Å². The summed E-state index contributed by atoms with van der Waals surface area (Å²) in [5.41, 5.74) is 0. The van der Waals surface area contributed by atoms with Gasteiger partial charge in [-0.3, -0.25) is 0 Å². The van der Waals surface area contributed by atoms with E-state index in [2.05, 4.69) is 0 Å². The molecule has 7 heteroatoms. The van der Waals surface area contributed by atoms with Gasteiger partial charge in [-0.2, -0.15) is 0 Å². The molecule has 5 nitrogen and oxygen atoms in total. The number of ether oxygens (including phenoxy) is 3. The van der Waals surface area contributed by atoms with Crippen molar-refractivity contribution in [3.8, 4) is 5.75 Å². The van der Waals surface area contributed by atoms with Gasteiger partial charge < -0.3 is 14.2 Å².